The monoisotopic (exact) mass is 489 g/mol. The Hall–Kier alpha value is -2.93. The van der Waals surface area contributed by atoms with Crippen molar-refractivity contribution in [2.24, 2.45) is 0 Å². The van der Waals surface area contributed by atoms with Crippen LogP contribution in [0.25, 0.3) is 0 Å². The summed E-state index contributed by atoms with van der Waals surface area (Å²) in [7, 11) is 0. The lowest BCUT2D eigenvalue weighted by Gasteiger charge is -2.34. The van der Waals surface area contributed by atoms with Crippen molar-refractivity contribution in [2.75, 3.05) is 49.6 Å². The number of nitrogens with one attached hydrogen (secondary N) is 2. The predicted octanol–water partition coefficient (Wildman–Crippen LogP) is 1.79. The molecule has 0 spiro atoms. The van der Waals surface area contributed by atoms with Crippen molar-refractivity contribution >= 4 is 29.1 Å². The molecule has 10 nitrogen and oxygen atoms in total. The van der Waals surface area contributed by atoms with Crippen LogP contribution >= 0.6 is 11.6 Å². The Kier molecular flexibility index (Phi) is 8.08. The second-order valence-electron chi connectivity index (χ2n) is 7.42. The van der Waals surface area contributed by atoms with E-state index in [1.165, 1.54) is 12.4 Å². The number of piperazine rings is 1. The fourth-order valence-electron chi connectivity index (χ4n) is 3.30. The molecule has 1 atom stereocenters. The highest BCUT2D eigenvalue weighted by Crippen LogP contribution is 2.31. The number of halogens is 4. The molecule has 0 bridgehead atoms. The van der Waals surface area contributed by atoms with Gasteiger partial charge in [-0.15, -0.1) is 0 Å². The molecule has 2 aromatic rings. The predicted molar refractivity (Wildman–Crippen MR) is 114 cm³/mol. The third kappa shape index (κ3) is 6.78. The summed E-state index contributed by atoms with van der Waals surface area (Å²) in [6.07, 6.45) is -0.741. The molecule has 0 unspecified atom stereocenters. The lowest BCUT2D eigenvalue weighted by atomic mass is 10.2. The van der Waals surface area contributed by atoms with Gasteiger partial charge in [0.1, 0.15) is 5.56 Å². The first-order valence-electron chi connectivity index (χ1n) is 10.1. The Morgan fingerprint density at radius 2 is 1.91 bits per heavy atom. The summed E-state index contributed by atoms with van der Waals surface area (Å²) in [4.78, 5) is 35.9. The van der Waals surface area contributed by atoms with E-state index in [0.717, 1.165) is 6.20 Å². The van der Waals surface area contributed by atoms with Gasteiger partial charge < -0.3 is 19.9 Å². The quantitative estimate of drug-likeness (QED) is 0.539. The first-order valence-corrected chi connectivity index (χ1v) is 10.5. The van der Waals surface area contributed by atoms with Crippen LogP contribution in [0.15, 0.2) is 23.4 Å². The zero-order valence-electron chi connectivity index (χ0n) is 17.7. The molecule has 1 amide bonds. The molecule has 0 saturated carbocycles. The number of aromatic nitrogens is 4. The van der Waals surface area contributed by atoms with E-state index >= 15 is 0 Å². The summed E-state index contributed by atoms with van der Waals surface area (Å²) >= 11 is 5.79. The number of nitrogens with zero attached hydrogens (tertiary/aromatic N) is 5. The molecular weight excluding hydrogens is 467 g/mol. The number of hydrogen-bond acceptors (Lipinski definition) is 8. The van der Waals surface area contributed by atoms with Crippen LogP contribution in [-0.4, -0.2) is 76.4 Å². The summed E-state index contributed by atoms with van der Waals surface area (Å²) in [5.74, 6) is 0.478. The summed E-state index contributed by atoms with van der Waals surface area (Å²) in [5.41, 5.74) is -3.10. The van der Waals surface area contributed by atoms with Gasteiger partial charge >= 0.3 is 6.18 Å². The van der Waals surface area contributed by atoms with Gasteiger partial charge in [-0.1, -0.05) is 11.6 Å². The smallest absolute Gasteiger partial charge is 0.379 e. The summed E-state index contributed by atoms with van der Waals surface area (Å²) in [6.45, 7) is 3.95. The molecule has 1 fully saturated rings. The Morgan fingerprint density at radius 1 is 1.24 bits per heavy atom. The van der Waals surface area contributed by atoms with Gasteiger partial charge in [-0.05, 0) is 6.92 Å². The normalized spacial score (nSPS) is 15.4. The number of amides is 1. The molecule has 3 heterocycles. The maximum atomic E-state index is 13.1. The summed E-state index contributed by atoms with van der Waals surface area (Å²) < 4.78 is 44.7. The van der Waals surface area contributed by atoms with E-state index in [1.807, 2.05) is 4.90 Å². The first-order chi connectivity index (χ1) is 15.6. The Bertz CT molecular complexity index is 995. The molecule has 2 aromatic heterocycles. The van der Waals surface area contributed by atoms with Gasteiger partial charge in [0.25, 0.3) is 5.56 Å². The molecule has 0 aromatic carbocycles. The number of hydrogen-bond donors (Lipinski definition) is 2. The maximum Gasteiger partial charge on any atom is 0.423 e. The van der Waals surface area contributed by atoms with E-state index in [4.69, 9.17) is 16.3 Å². The molecule has 2 N–H and O–H groups in total. The zero-order valence-corrected chi connectivity index (χ0v) is 18.5. The van der Waals surface area contributed by atoms with E-state index in [2.05, 4.69) is 20.4 Å². The zero-order chi connectivity index (χ0) is 24.0. The molecular formula is C19H23ClF3N7O3. The van der Waals surface area contributed by atoms with Crippen LogP contribution in [-0.2, 0) is 15.7 Å². The number of H-pyrrole nitrogens is 1. The number of carbonyl (C=O) groups is 1. The van der Waals surface area contributed by atoms with Crippen molar-refractivity contribution in [1.82, 2.24) is 25.1 Å². The Balaban J connectivity index is 1.39. The lowest BCUT2D eigenvalue weighted by molar-refractivity contribution is -0.138. The average molecular weight is 490 g/mol. The Labute approximate surface area is 192 Å². The van der Waals surface area contributed by atoms with Crippen molar-refractivity contribution in [3.8, 4) is 0 Å². The van der Waals surface area contributed by atoms with Gasteiger partial charge in [0, 0.05) is 32.2 Å². The van der Waals surface area contributed by atoms with E-state index < -0.39 is 29.0 Å². The molecule has 1 aliphatic rings. The van der Waals surface area contributed by atoms with Crippen molar-refractivity contribution in [3.05, 3.63) is 39.5 Å². The average Bonchev–Trinajstić information content (AvgIpc) is 2.76. The number of aromatic amines is 1. The highest BCUT2D eigenvalue weighted by Gasteiger charge is 2.37. The van der Waals surface area contributed by atoms with Gasteiger partial charge in [0.05, 0.1) is 48.9 Å². The number of anilines is 2. The molecule has 180 valence electrons. The van der Waals surface area contributed by atoms with Crippen molar-refractivity contribution < 1.29 is 22.7 Å². The molecule has 14 heteroatoms. The van der Waals surface area contributed by atoms with Gasteiger partial charge in [-0.3, -0.25) is 9.59 Å². The van der Waals surface area contributed by atoms with E-state index in [0.29, 0.717) is 37.1 Å². The molecule has 1 aliphatic heterocycles. The molecule has 0 aliphatic carbocycles. The van der Waals surface area contributed by atoms with Crippen molar-refractivity contribution in [3.63, 3.8) is 0 Å². The fourth-order valence-corrected chi connectivity index (χ4v) is 3.40. The molecule has 1 saturated heterocycles. The van der Waals surface area contributed by atoms with Gasteiger partial charge in [-0.2, -0.15) is 18.3 Å². The molecule has 33 heavy (non-hydrogen) atoms. The standard InChI is InChI=1S/C19H23ClF3N7O3/c1-12(27-14-10-26-28-17(32)16(14)19(21,22)23)11-33-7-2-15(31)29-3-5-30(6-4-29)18-24-8-13(20)9-25-18/h8-10,12H,2-7,11H2,1H3,(H2,27,28,32)/t12-/m0/s1. The van der Waals surface area contributed by atoms with Crippen LogP contribution in [0.4, 0.5) is 24.8 Å². The SMILES string of the molecule is C[C@@H](COCCC(=O)N1CCN(c2ncc(Cl)cn2)CC1)Nc1cn[nH]c(=O)c1C(F)(F)F. The van der Waals surface area contributed by atoms with E-state index in [-0.39, 0.29) is 25.5 Å². The van der Waals surface area contributed by atoms with Crippen LogP contribution in [0.2, 0.25) is 5.02 Å². The van der Waals surface area contributed by atoms with Gasteiger partial charge in [0.15, 0.2) is 0 Å². The second kappa shape index (κ2) is 10.8. The molecule has 0 radical (unpaired) electrons. The van der Waals surface area contributed by atoms with Crippen molar-refractivity contribution in [1.29, 1.82) is 0 Å². The number of alkyl halides is 3. The van der Waals surface area contributed by atoms with Gasteiger partial charge in [0.2, 0.25) is 11.9 Å². The van der Waals surface area contributed by atoms with Crippen LogP contribution in [0, 0.1) is 0 Å². The lowest BCUT2D eigenvalue weighted by Crippen LogP contribution is -2.49. The molecule has 3 rings (SSSR count). The van der Waals surface area contributed by atoms with Crippen LogP contribution in [0.3, 0.4) is 0 Å². The topological polar surface area (TPSA) is 116 Å². The third-order valence-electron chi connectivity index (χ3n) is 4.89. The summed E-state index contributed by atoms with van der Waals surface area (Å²) in [6, 6.07) is -0.548. The number of carbonyl (C=O) groups excluding carboxylic acids is 1. The fraction of sp³-hybridized carbons (Fsp3) is 0.526. The maximum absolute atomic E-state index is 13.1. The van der Waals surface area contributed by atoms with Crippen LogP contribution in [0.1, 0.15) is 18.9 Å². The highest BCUT2D eigenvalue weighted by atomic mass is 35.5. The van der Waals surface area contributed by atoms with Crippen molar-refractivity contribution in [2.45, 2.75) is 25.6 Å². The van der Waals surface area contributed by atoms with Crippen LogP contribution in [0.5, 0.6) is 0 Å². The number of rotatable bonds is 8. The summed E-state index contributed by atoms with van der Waals surface area (Å²) in [5, 5.41) is 8.21. The number of ether oxygens (including phenoxy) is 1. The third-order valence-corrected chi connectivity index (χ3v) is 5.09. The highest BCUT2D eigenvalue weighted by molar-refractivity contribution is 6.30. The van der Waals surface area contributed by atoms with E-state index in [9.17, 15) is 22.8 Å². The minimum absolute atomic E-state index is 0.0407. The Morgan fingerprint density at radius 3 is 2.55 bits per heavy atom. The minimum Gasteiger partial charge on any atom is -0.379 e. The van der Waals surface area contributed by atoms with Gasteiger partial charge in [-0.25, -0.2) is 15.1 Å². The minimum atomic E-state index is -4.82. The first kappa shape index (κ1) is 24.7. The van der Waals surface area contributed by atoms with Crippen LogP contribution < -0.4 is 15.8 Å². The van der Waals surface area contributed by atoms with E-state index in [1.54, 1.807) is 16.9 Å². The largest absolute Gasteiger partial charge is 0.423 e. The second-order valence-corrected chi connectivity index (χ2v) is 7.86.